The van der Waals surface area contributed by atoms with Gasteiger partial charge in [-0.3, -0.25) is 18.9 Å². The number of carbonyl (C=O) groups excluding carboxylic acids is 3. The summed E-state index contributed by atoms with van der Waals surface area (Å²) in [5.41, 5.74) is 2.25. The van der Waals surface area contributed by atoms with Gasteiger partial charge in [0.25, 0.3) is 21.9 Å². The Kier molecular flexibility index (Phi) is 5.71. The van der Waals surface area contributed by atoms with Crippen molar-refractivity contribution in [3.8, 4) is 11.1 Å². The molecule has 34 heavy (non-hydrogen) atoms. The summed E-state index contributed by atoms with van der Waals surface area (Å²) in [4.78, 5) is 47.9. The van der Waals surface area contributed by atoms with E-state index in [-0.39, 0.29) is 23.6 Å². The van der Waals surface area contributed by atoms with Gasteiger partial charge in [-0.2, -0.15) is 13.4 Å². The smallest absolute Gasteiger partial charge is 0.450 e. The van der Waals surface area contributed by atoms with Gasteiger partial charge in [-0.1, -0.05) is 19.1 Å². The predicted molar refractivity (Wildman–Crippen MR) is 116 cm³/mol. The Hall–Kier alpha value is -4.03. The normalized spacial score (nSPS) is 16.4. The van der Waals surface area contributed by atoms with Crippen LogP contribution in [0.2, 0.25) is 0 Å². The molecule has 1 atom stereocenters. The highest BCUT2D eigenvalue weighted by atomic mass is 32.2. The molecular weight excluding hydrogens is 468 g/mol. The van der Waals surface area contributed by atoms with E-state index in [1.54, 1.807) is 13.0 Å². The standard InChI is InChI=1S/C22H18N2O9S/c1-2-19(25)23(24-20(26)7-8-21(24)27)12-3-5-14-15-6-4-13(34(30,31)32)10-17(15)18(16(14)9-12)11-33-22(28)29/h3-10,18H,2,11H2,1H3,(H,28,29)(H,30,31,32). The summed E-state index contributed by atoms with van der Waals surface area (Å²) in [6.07, 6.45) is 0.528. The second kappa shape index (κ2) is 8.39. The van der Waals surface area contributed by atoms with E-state index in [0.29, 0.717) is 27.3 Å². The number of hydrazine groups is 1. The van der Waals surface area contributed by atoms with E-state index in [2.05, 4.69) is 0 Å². The van der Waals surface area contributed by atoms with Crippen molar-refractivity contribution in [1.29, 1.82) is 0 Å². The number of hydrogen-bond donors (Lipinski definition) is 2. The van der Waals surface area contributed by atoms with Gasteiger partial charge in [-0.15, -0.1) is 0 Å². The molecule has 4 rings (SSSR count). The Bertz CT molecular complexity index is 1360. The molecule has 2 aromatic rings. The second-order valence-electron chi connectivity index (χ2n) is 7.51. The number of anilines is 1. The molecule has 1 aliphatic heterocycles. The summed E-state index contributed by atoms with van der Waals surface area (Å²) >= 11 is 0. The minimum atomic E-state index is -4.52. The minimum Gasteiger partial charge on any atom is -0.450 e. The fraction of sp³-hybridized carbons (Fsp3) is 0.182. The first-order valence-electron chi connectivity index (χ1n) is 10.0. The highest BCUT2D eigenvalue weighted by Gasteiger charge is 2.36. The van der Waals surface area contributed by atoms with Crippen LogP contribution in [-0.2, 0) is 29.2 Å². The quantitative estimate of drug-likeness (QED) is 0.355. The van der Waals surface area contributed by atoms with E-state index in [0.717, 1.165) is 17.2 Å². The van der Waals surface area contributed by atoms with Crippen molar-refractivity contribution in [1.82, 2.24) is 5.01 Å². The van der Waals surface area contributed by atoms with Gasteiger partial charge in [-0.05, 0) is 46.5 Å². The Morgan fingerprint density at radius 2 is 1.62 bits per heavy atom. The summed E-state index contributed by atoms with van der Waals surface area (Å²) in [7, 11) is -4.52. The van der Waals surface area contributed by atoms with Gasteiger partial charge < -0.3 is 9.84 Å². The van der Waals surface area contributed by atoms with Crippen LogP contribution in [0.15, 0.2) is 53.4 Å². The molecule has 0 fully saturated rings. The zero-order valence-corrected chi connectivity index (χ0v) is 18.5. The van der Waals surface area contributed by atoms with Gasteiger partial charge in [0.15, 0.2) is 0 Å². The molecule has 1 unspecified atom stereocenters. The molecule has 11 nitrogen and oxygen atoms in total. The summed E-state index contributed by atoms with van der Waals surface area (Å²) in [6.45, 7) is 1.19. The molecular formula is C22H18N2O9S. The Morgan fingerprint density at radius 3 is 2.18 bits per heavy atom. The Balaban J connectivity index is 1.85. The van der Waals surface area contributed by atoms with E-state index in [9.17, 15) is 32.1 Å². The third-order valence-electron chi connectivity index (χ3n) is 5.54. The average Bonchev–Trinajstić information content (AvgIpc) is 3.28. The third kappa shape index (κ3) is 3.93. The number of ether oxygens (including phenoxy) is 1. The molecule has 0 saturated carbocycles. The van der Waals surface area contributed by atoms with Crippen molar-refractivity contribution < 1.29 is 42.0 Å². The van der Waals surface area contributed by atoms with Crippen LogP contribution >= 0.6 is 0 Å². The van der Waals surface area contributed by atoms with Crippen LogP contribution < -0.4 is 5.01 Å². The number of carboxylic acid groups (broad SMARTS) is 1. The van der Waals surface area contributed by atoms with Crippen LogP contribution in [-0.4, -0.2) is 53.6 Å². The maximum absolute atomic E-state index is 12.7. The zero-order chi connectivity index (χ0) is 24.8. The first-order valence-corrected chi connectivity index (χ1v) is 11.5. The van der Waals surface area contributed by atoms with Crippen LogP contribution in [0.25, 0.3) is 11.1 Å². The van der Waals surface area contributed by atoms with Crippen molar-refractivity contribution in [2.45, 2.75) is 24.2 Å². The van der Waals surface area contributed by atoms with Gasteiger partial charge in [-0.25, -0.2) is 9.80 Å². The molecule has 3 amide bonds. The molecule has 12 heteroatoms. The number of rotatable bonds is 6. The van der Waals surface area contributed by atoms with Crippen molar-refractivity contribution in [2.24, 2.45) is 0 Å². The average molecular weight is 486 g/mol. The lowest BCUT2D eigenvalue weighted by Crippen LogP contribution is -2.50. The molecule has 1 aliphatic carbocycles. The fourth-order valence-electron chi connectivity index (χ4n) is 4.06. The predicted octanol–water partition coefficient (Wildman–Crippen LogP) is 2.32. The fourth-order valence-corrected chi connectivity index (χ4v) is 4.58. The van der Waals surface area contributed by atoms with Gasteiger partial charge in [0.05, 0.1) is 10.6 Å². The van der Waals surface area contributed by atoms with E-state index < -0.39 is 39.9 Å². The van der Waals surface area contributed by atoms with E-state index in [1.807, 2.05) is 0 Å². The molecule has 0 saturated heterocycles. The van der Waals surface area contributed by atoms with E-state index in [4.69, 9.17) is 9.84 Å². The van der Waals surface area contributed by atoms with Crippen molar-refractivity contribution >= 4 is 39.7 Å². The summed E-state index contributed by atoms with van der Waals surface area (Å²) < 4.78 is 37.5. The lowest BCUT2D eigenvalue weighted by atomic mass is 9.97. The van der Waals surface area contributed by atoms with Crippen molar-refractivity contribution in [3.05, 3.63) is 59.7 Å². The maximum Gasteiger partial charge on any atom is 0.505 e. The highest BCUT2D eigenvalue weighted by Crippen LogP contribution is 2.47. The number of benzene rings is 2. The Labute approximate surface area is 193 Å². The lowest BCUT2D eigenvalue weighted by molar-refractivity contribution is -0.142. The number of imide groups is 1. The van der Waals surface area contributed by atoms with Gasteiger partial charge in [0.1, 0.15) is 6.61 Å². The molecule has 0 bridgehead atoms. The summed E-state index contributed by atoms with van der Waals surface area (Å²) in [5, 5.41) is 10.7. The van der Waals surface area contributed by atoms with Crippen molar-refractivity contribution in [2.75, 3.05) is 11.6 Å². The molecule has 2 N–H and O–H groups in total. The molecule has 0 radical (unpaired) electrons. The largest absolute Gasteiger partial charge is 0.505 e. The molecule has 2 aromatic carbocycles. The van der Waals surface area contributed by atoms with Crippen molar-refractivity contribution in [3.63, 3.8) is 0 Å². The molecule has 176 valence electrons. The lowest BCUT2D eigenvalue weighted by Gasteiger charge is -2.30. The maximum atomic E-state index is 12.7. The summed E-state index contributed by atoms with van der Waals surface area (Å²) in [5.74, 6) is -2.70. The minimum absolute atomic E-state index is 0.0162. The first kappa shape index (κ1) is 23.1. The molecule has 1 heterocycles. The Morgan fingerprint density at radius 1 is 1.03 bits per heavy atom. The summed E-state index contributed by atoms with van der Waals surface area (Å²) in [6, 6.07) is 8.58. The molecule has 2 aliphatic rings. The molecule has 0 spiro atoms. The van der Waals surface area contributed by atoms with Crippen LogP contribution in [0.5, 0.6) is 0 Å². The van der Waals surface area contributed by atoms with Crippen LogP contribution in [0.4, 0.5) is 10.5 Å². The van der Waals surface area contributed by atoms with E-state index in [1.165, 1.54) is 30.3 Å². The number of amides is 3. The zero-order valence-electron chi connectivity index (χ0n) is 17.7. The van der Waals surface area contributed by atoms with Crippen LogP contribution in [0.3, 0.4) is 0 Å². The SMILES string of the molecule is CCC(=O)N(c1ccc2c(c1)C(COC(=O)O)c1cc(S(=O)(=O)O)ccc1-2)N1C(=O)C=CC1=O. The van der Waals surface area contributed by atoms with Gasteiger partial charge in [0, 0.05) is 24.5 Å². The molecule has 0 aromatic heterocycles. The number of hydrogen-bond acceptors (Lipinski definition) is 7. The van der Waals surface area contributed by atoms with Crippen LogP contribution in [0, 0.1) is 0 Å². The van der Waals surface area contributed by atoms with Gasteiger partial charge >= 0.3 is 6.16 Å². The van der Waals surface area contributed by atoms with E-state index >= 15 is 0 Å². The van der Waals surface area contributed by atoms with Crippen LogP contribution in [0.1, 0.15) is 30.4 Å². The van der Waals surface area contributed by atoms with Gasteiger partial charge in [0.2, 0.25) is 5.91 Å². The second-order valence-corrected chi connectivity index (χ2v) is 8.93. The number of nitrogens with zero attached hydrogens (tertiary/aromatic N) is 2. The third-order valence-corrected chi connectivity index (χ3v) is 6.39. The monoisotopic (exact) mass is 486 g/mol. The number of fused-ring (bicyclic) bond motifs is 3. The first-order chi connectivity index (χ1) is 16.0. The highest BCUT2D eigenvalue weighted by molar-refractivity contribution is 7.85. The number of carbonyl (C=O) groups is 4. The topological polar surface area (TPSA) is 159 Å².